The molecule has 1 heterocycles. The van der Waals surface area contributed by atoms with Gasteiger partial charge in [0.1, 0.15) is 22.3 Å². The second-order valence-electron chi connectivity index (χ2n) is 8.22. The molecular weight excluding hydrogens is 467 g/mol. The van der Waals surface area contributed by atoms with E-state index in [0.29, 0.717) is 32.2 Å². The van der Waals surface area contributed by atoms with Gasteiger partial charge in [0.2, 0.25) is 0 Å². The minimum absolute atomic E-state index is 0.121. The van der Waals surface area contributed by atoms with Crippen LogP contribution in [0.3, 0.4) is 0 Å². The summed E-state index contributed by atoms with van der Waals surface area (Å²) < 4.78 is 68.6. The SMILES string of the molecule is Cc1c(F)cc(C(=O)NC2CC2)cc1-c1ccc2c(cnn2S(=O)(=O)c2ccc(F)cc2F)c1. The number of nitrogens with one attached hydrogen (secondary N) is 1. The second-order valence-corrected chi connectivity index (χ2v) is 9.96. The number of carbonyl (C=O) groups is 1. The first-order valence-electron chi connectivity index (χ1n) is 10.4. The summed E-state index contributed by atoms with van der Waals surface area (Å²) in [5.41, 5.74) is 1.71. The van der Waals surface area contributed by atoms with Crippen LogP contribution in [0.15, 0.2) is 59.6 Å². The van der Waals surface area contributed by atoms with Crippen LogP contribution in [-0.4, -0.2) is 29.6 Å². The highest BCUT2D eigenvalue weighted by molar-refractivity contribution is 7.90. The molecule has 3 aromatic carbocycles. The second kappa shape index (κ2) is 7.98. The third kappa shape index (κ3) is 3.83. The van der Waals surface area contributed by atoms with E-state index in [9.17, 15) is 26.4 Å². The maximum absolute atomic E-state index is 14.6. The first-order valence-corrected chi connectivity index (χ1v) is 11.9. The van der Waals surface area contributed by atoms with Gasteiger partial charge in [-0.1, -0.05) is 6.07 Å². The maximum atomic E-state index is 14.6. The molecule has 4 aromatic rings. The van der Waals surface area contributed by atoms with Crippen molar-refractivity contribution < 1.29 is 26.4 Å². The summed E-state index contributed by atoms with van der Waals surface area (Å²) in [5, 5.41) is 7.13. The Morgan fingerprint density at radius 2 is 1.79 bits per heavy atom. The first-order chi connectivity index (χ1) is 16.1. The number of hydrogen-bond acceptors (Lipinski definition) is 4. The van der Waals surface area contributed by atoms with Crippen molar-refractivity contribution in [2.45, 2.75) is 30.7 Å². The van der Waals surface area contributed by atoms with Gasteiger partial charge in [-0.3, -0.25) is 4.79 Å². The van der Waals surface area contributed by atoms with Crippen molar-refractivity contribution in [3.8, 4) is 11.1 Å². The highest BCUT2D eigenvalue weighted by atomic mass is 32.2. The lowest BCUT2D eigenvalue weighted by Crippen LogP contribution is -2.25. The summed E-state index contributed by atoms with van der Waals surface area (Å²) >= 11 is 0. The molecule has 0 saturated heterocycles. The normalized spacial score (nSPS) is 13.9. The van der Waals surface area contributed by atoms with Gasteiger partial charge in [-0.25, -0.2) is 13.2 Å². The summed E-state index contributed by atoms with van der Waals surface area (Å²) in [5.74, 6) is -3.03. The average Bonchev–Trinajstić information content (AvgIpc) is 3.49. The molecular formula is C24H18F3N3O3S. The lowest BCUT2D eigenvalue weighted by molar-refractivity contribution is 0.0950. The van der Waals surface area contributed by atoms with E-state index < -0.39 is 32.4 Å². The number of carbonyl (C=O) groups excluding carboxylic acids is 1. The largest absolute Gasteiger partial charge is 0.349 e. The number of halogens is 3. The predicted molar refractivity (Wildman–Crippen MR) is 119 cm³/mol. The zero-order valence-corrected chi connectivity index (χ0v) is 18.7. The van der Waals surface area contributed by atoms with Crippen LogP contribution in [0.1, 0.15) is 28.8 Å². The molecule has 0 unspecified atom stereocenters. The Bertz CT molecular complexity index is 1580. The molecule has 5 rings (SSSR count). The fraction of sp³-hybridized carbons (Fsp3) is 0.167. The molecule has 1 aromatic heterocycles. The highest BCUT2D eigenvalue weighted by Crippen LogP contribution is 2.31. The van der Waals surface area contributed by atoms with Crippen LogP contribution in [0.2, 0.25) is 0 Å². The van der Waals surface area contributed by atoms with Crippen LogP contribution < -0.4 is 5.32 Å². The molecule has 1 N–H and O–H groups in total. The van der Waals surface area contributed by atoms with Crippen LogP contribution in [0.5, 0.6) is 0 Å². The predicted octanol–water partition coefficient (Wildman–Crippen LogP) is 4.56. The smallest absolute Gasteiger partial charge is 0.286 e. The van der Waals surface area contributed by atoms with Crippen molar-refractivity contribution in [3.05, 3.63) is 83.3 Å². The summed E-state index contributed by atoms with van der Waals surface area (Å²) in [6.45, 7) is 1.59. The first kappa shape index (κ1) is 22.1. The third-order valence-corrected chi connectivity index (χ3v) is 7.40. The standard InChI is InChI=1S/C24H18F3N3O3S/c1-13-19(9-15(10-20(13)26)24(31)29-18-4-5-18)14-2-6-22-16(8-14)12-28-30(22)34(32,33)23-7-3-17(25)11-21(23)27/h2-3,6-12,18H,4-5H2,1H3,(H,29,31). The van der Waals surface area contributed by atoms with E-state index in [2.05, 4.69) is 10.4 Å². The topological polar surface area (TPSA) is 81.1 Å². The van der Waals surface area contributed by atoms with E-state index >= 15 is 0 Å². The number of rotatable bonds is 5. The molecule has 174 valence electrons. The van der Waals surface area contributed by atoms with Gasteiger partial charge in [-0.2, -0.15) is 17.6 Å². The summed E-state index contributed by atoms with van der Waals surface area (Å²) in [4.78, 5) is 11.7. The Kier molecular flexibility index (Phi) is 5.20. The fourth-order valence-corrected chi connectivity index (χ4v) is 5.08. The van der Waals surface area contributed by atoms with Gasteiger partial charge < -0.3 is 5.32 Å². The quantitative estimate of drug-likeness (QED) is 0.450. The van der Waals surface area contributed by atoms with Crippen molar-refractivity contribution >= 4 is 26.8 Å². The average molecular weight is 485 g/mol. The Morgan fingerprint density at radius 1 is 1.03 bits per heavy atom. The number of fused-ring (bicyclic) bond motifs is 1. The molecule has 34 heavy (non-hydrogen) atoms. The van der Waals surface area contributed by atoms with E-state index in [0.717, 1.165) is 25.0 Å². The highest BCUT2D eigenvalue weighted by Gasteiger charge is 2.26. The van der Waals surface area contributed by atoms with Crippen LogP contribution in [0.25, 0.3) is 22.0 Å². The van der Waals surface area contributed by atoms with E-state index in [-0.39, 0.29) is 23.0 Å². The number of amides is 1. The summed E-state index contributed by atoms with van der Waals surface area (Å²) in [7, 11) is -4.43. The molecule has 0 bridgehead atoms. The third-order valence-electron chi connectivity index (χ3n) is 5.76. The molecule has 0 aliphatic heterocycles. The van der Waals surface area contributed by atoms with Crippen LogP contribution >= 0.6 is 0 Å². The molecule has 6 nitrogen and oxygen atoms in total. The number of benzene rings is 3. The van der Waals surface area contributed by atoms with Crippen LogP contribution in [-0.2, 0) is 10.0 Å². The molecule has 1 fully saturated rings. The fourth-order valence-electron chi connectivity index (χ4n) is 3.75. The summed E-state index contributed by atoms with van der Waals surface area (Å²) in [6.07, 6.45) is 3.09. The van der Waals surface area contributed by atoms with Crippen molar-refractivity contribution in [1.82, 2.24) is 14.5 Å². The Balaban J connectivity index is 1.57. The molecule has 10 heteroatoms. The molecule has 1 amide bonds. The monoisotopic (exact) mass is 485 g/mol. The molecule has 0 spiro atoms. The van der Waals surface area contributed by atoms with Gasteiger partial charge in [0.05, 0.1) is 11.7 Å². The minimum Gasteiger partial charge on any atom is -0.349 e. The van der Waals surface area contributed by atoms with Crippen molar-refractivity contribution in [2.24, 2.45) is 0 Å². The van der Waals surface area contributed by atoms with Crippen LogP contribution in [0, 0.1) is 24.4 Å². The van der Waals surface area contributed by atoms with Crippen molar-refractivity contribution in [1.29, 1.82) is 0 Å². The molecule has 1 saturated carbocycles. The minimum atomic E-state index is -4.43. The molecule has 1 aliphatic rings. The van der Waals surface area contributed by atoms with E-state index in [1.165, 1.54) is 18.3 Å². The Morgan fingerprint density at radius 3 is 2.50 bits per heavy atom. The Hall–Kier alpha value is -3.66. The zero-order chi connectivity index (χ0) is 24.2. The molecule has 0 atom stereocenters. The van der Waals surface area contributed by atoms with Gasteiger partial charge in [0.25, 0.3) is 15.9 Å². The van der Waals surface area contributed by atoms with E-state index in [1.807, 2.05) is 0 Å². The number of hydrogen-bond donors (Lipinski definition) is 1. The number of nitrogens with zero attached hydrogens (tertiary/aromatic N) is 2. The lowest BCUT2D eigenvalue weighted by atomic mass is 9.96. The van der Waals surface area contributed by atoms with Gasteiger partial charge in [-0.05, 0) is 72.9 Å². The van der Waals surface area contributed by atoms with Crippen molar-refractivity contribution in [2.75, 3.05) is 0 Å². The van der Waals surface area contributed by atoms with Gasteiger partial charge in [0.15, 0.2) is 0 Å². The number of aromatic nitrogens is 2. The van der Waals surface area contributed by atoms with Gasteiger partial charge in [-0.15, -0.1) is 0 Å². The van der Waals surface area contributed by atoms with E-state index in [4.69, 9.17) is 0 Å². The van der Waals surface area contributed by atoms with Crippen LogP contribution in [0.4, 0.5) is 13.2 Å². The van der Waals surface area contributed by atoms with E-state index in [1.54, 1.807) is 25.1 Å². The maximum Gasteiger partial charge on any atom is 0.286 e. The molecule has 1 aliphatic carbocycles. The summed E-state index contributed by atoms with van der Waals surface area (Å²) in [6, 6.07) is 9.72. The molecule has 0 radical (unpaired) electrons. The lowest BCUT2D eigenvalue weighted by Gasteiger charge is -2.12. The van der Waals surface area contributed by atoms with Gasteiger partial charge >= 0.3 is 0 Å². The Labute approximate surface area is 193 Å². The van der Waals surface area contributed by atoms with Crippen molar-refractivity contribution in [3.63, 3.8) is 0 Å². The zero-order valence-electron chi connectivity index (χ0n) is 17.8. The van der Waals surface area contributed by atoms with Gasteiger partial charge in [0, 0.05) is 23.1 Å².